The van der Waals surface area contributed by atoms with E-state index in [1.165, 1.54) is 21.2 Å². The first-order valence-corrected chi connectivity index (χ1v) is 23.1. The number of piperidine rings is 2. The lowest BCUT2D eigenvalue weighted by molar-refractivity contribution is -0.138. The number of halogens is 6. The molecule has 2 fully saturated rings. The maximum Gasteiger partial charge on any atom is 0.416 e. The first-order valence-electron chi connectivity index (χ1n) is 23.1. The molecule has 0 radical (unpaired) electrons. The molecule has 5 N–H and O–H groups in total. The molecule has 10 rings (SSSR count). The lowest BCUT2D eigenvalue weighted by Crippen LogP contribution is -2.42. The van der Waals surface area contributed by atoms with Crippen LogP contribution in [0.4, 0.5) is 55.3 Å². The number of nitrogens with zero attached hydrogens (tertiary/aromatic N) is 7. The van der Waals surface area contributed by atoms with E-state index in [4.69, 9.17) is 0 Å². The predicted molar refractivity (Wildman–Crippen MR) is 257 cm³/mol. The van der Waals surface area contributed by atoms with Gasteiger partial charge in [0.15, 0.2) is 11.3 Å². The number of anilines is 5. The summed E-state index contributed by atoms with van der Waals surface area (Å²) in [5.74, 6) is 0.0936. The quantitative estimate of drug-likeness (QED) is 0.0747. The summed E-state index contributed by atoms with van der Waals surface area (Å²) in [6, 6.07) is 29.5. The van der Waals surface area contributed by atoms with Gasteiger partial charge in [-0.05, 0) is 159 Å². The van der Waals surface area contributed by atoms with Gasteiger partial charge in [-0.1, -0.05) is 12.1 Å². The van der Waals surface area contributed by atoms with Crippen LogP contribution in [0, 0.1) is 5.92 Å². The van der Waals surface area contributed by atoms with E-state index >= 15 is 0 Å². The Bertz CT molecular complexity index is 3210. The minimum atomic E-state index is -4.61. The lowest BCUT2D eigenvalue weighted by Gasteiger charge is -2.34. The van der Waals surface area contributed by atoms with Crippen molar-refractivity contribution in [2.24, 2.45) is 5.92 Å². The molecule has 0 saturated carbocycles. The summed E-state index contributed by atoms with van der Waals surface area (Å²) in [5.41, 5.74) is 3.33. The van der Waals surface area contributed by atoms with E-state index in [2.05, 4.69) is 46.7 Å². The Labute approximate surface area is 402 Å². The summed E-state index contributed by atoms with van der Waals surface area (Å²) in [7, 11) is 0. The van der Waals surface area contributed by atoms with Gasteiger partial charge in [-0.25, -0.2) is 9.03 Å². The van der Waals surface area contributed by atoms with Crippen LogP contribution in [0.1, 0.15) is 57.5 Å². The van der Waals surface area contributed by atoms with Gasteiger partial charge in [0.1, 0.15) is 0 Å². The Morgan fingerprint density at radius 1 is 0.606 bits per heavy atom. The van der Waals surface area contributed by atoms with Crippen LogP contribution < -0.4 is 31.5 Å². The van der Waals surface area contributed by atoms with Crippen molar-refractivity contribution in [3.05, 3.63) is 150 Å². The maximum atomic E-state index is 14.5. The number of amides is 2. The Balaban J connectivity index is 0.756. The number of carbonyl (C=O) groups excluding carboxylic acids is 2. The largest absolute Gasteiger partial charge is 0.416 e. The highest BCUT2D eigenvalue weighted by Gasteiger charge is 2.33. The van der Waals surface area contributed by atoms with Gasteiger partial charge in [0.2, 0.25) is 11.9 Å². The lowest BCUT2D eigenvalue weighted by atomic mass is 9.95. The molecular formula is C51H46F6N12O2. The van der Waals surface area contributed by atoms with Gasteiger partial charge >= 0.3 is 12.4 Å². The van der Waals surface area contributed by atoms with Gasteiger partial charge in [-0.15, -0.1) is 10.2 Å². The fraction of sp³-hybridized carbons (Fsp3) is 0.255. The molecule has 364 valence electrons. The monoisotopic (exact) mass is 972 g/mol. The molecule has 2 aliphatic heterocycles. The SMILES string of the molecule is O=C(NCC1CCN(c2cc(-c3cccn4nc(Nc5ccc(C(=O)NC6CCNCC6)cc5)nc34)cc(C(F)(F)F)c2)CC1)c1ccc(Nc2nc3c(-c4cccc(C(F)(F)F)c4)cccn3n2)cc1. The first kappa shape index (κ1) is 46.7. The number of hydrogen-bond acceptors (Lipinski definition) is 10. The summed E-state index contributed by atoms with van der Waals surface area (Å²) in [5, 5.41) is 24.5. The molecule has 2 saturated heterocycles. The van der Waals surface area contributed by atoms with E-state index in [-0.39, 0.29) is 35.7 Å². The minimum Gasteiger partial charge on any atom is -0.371 e. The van der Waals surface area contributed by atoms with Crippen molar-refractivity contribution in [3.63, 3.8) is 0 Å². The van der Waals surface area contributed by atoms with Crippen LogP contribution in [0.25, 0.3) is 33.5 Å². The van der Waals surface area contributed by atoms with E-state index < -0.39 is 23.5 Å². The van der Waals surface area contributed by atoms with E-state index in [0.717, 1.165) is 44.1 Å². The third-order valence-corrected chi connectivity index (χ3v) is 12.8. The summed E-state index contributed by atoms with van der Waals surface area (Å²) < 4.78 is 86.6. The topological polar surface area (TPSA) is 158 Å². The molecule has 0 spiro atoms. The fourth-order valence-electron chi connectivity index (χ4n) is 8.98. The van der Waals surface area contributed by atoms with Crippen molar-refractivity contribution in [2.45, 2.75) is 44.1 Å². The minimum absolute atomic E-state index is 0.0895. The molecule has 2 aliphatic rings. The molecule has 2 amide bonds. The smallest absolute Gasteiger partial charge is 0.371 e. The van der Waals surface area contributed by atoms with Crippen molar-refractivity contribution in [3.8, 4) is 22.3 Å². The third kappa shape index (κ3) is 10.6. The van der Waals surface area contributed by atoms with Crippen LogP contribution in [0.2, 0.25) is 0 Å². The van der Waals surface area contributed by atoms with Gasteiger partial charge < -0.3 is 31.5 Å². The zero-order valence-electron chi connectivity index (χ0n) is 37.9. The molecule has 0 aliphatic carbocycles. The van der Waals surface area contributed by atoms with E-state index in [1.54, 1.807) is 97.3 Å². The van der Waals surface area contributed by atoms with Crippen molar-refractivity contribution >= 4 is 52.1 Å². The zero-order valence-corrected chi connectivity index (χ0v) is 37.9. The Morgan fingerprint density at radius 2 is 1.15 bits per heavy atom. The van der Waals surface area contributed by atoms with Crippen molar-refractivity contribution in [1.29, 1.82) is 0 Å². The number of pyridine rings is 2. The number of aromatic nitrogens is 6. The highest BCUT2D eigenvalue weighted by molar-refractivity contribution is 5.95. The summed E-state index contributed by atoms with van der Waals surface area (Å²) in [6.45, 7) is 3.05. The number of alkyl halides is 6. The second kappa shape index (κ2) is 19.4. The van der Waals surface area contributed by atoms with Crippen molar-refractivity contribution in [2.75, 3.05) is 48.3 Å². The third-order valence-electron chi connectivity index (χ3n) is 12.8. The molecule has 0 atom stereocenters. The number of fused-ring (bicyclic) bond motifs is 2. The van der Waals surface area contributed by atoms with E-state index in [0.29, 0.717) is 94.2 Å². The van der Waals surface area contributed by atoms with Gasteiger partial charge in [-0.2, -0.15) is 36.3 Å². The molecule has 14 nitrogen and oxygen atoms in total. The molecule has 0 unspecified atom stereocenters. The van der Waals surface area contributed by atoms with Crippen LogP contribution in [-0.4, -0.2) is 79.8 Å². The standard InChI is InChI=1S/C51H46F6N12O2/c52-50(53,54)36-5-1-4-34(26-36)42-6-2-22-68-44(42)63-48(65-68)61-38-12-8-32(9-13-38)46(70)59-30-31-18-24-67(25-19-31)41-28-35(27-37(29-41)51(55,56)57)43-7-3-23-69-45(43)64-49(66-69)62-39-14-10-33(11-15-39)47(71)60-40-16-20-58-21-17-40/h1-15,22-23,26-29,31,40,58H,16-21,24-25,30H2,(H,59,70)(H,60,71)(H,61,65)(H,62,66). The van der Waals surface area contributed by atoms with Crippen molar-refractivity contribution < 1.29 is 35.9 Å². The van der Waals surface area contributed by atoms with Crippen LogP contribution >= 0.6 is 0 Å². The number of nitrogens with one attached hydrogen (secondary N) is 5. The van der Waals surface area contributed by atoms with Crippen LogP contribution in [0.5, 0.6) is 0 Å². The summed E-state index contributed by atoms with van der Waals surface area (Å²) in [4.78, 5) is 37.1. The Morgan fingerprint density at radius 3 is 1.73 bits per heavy atom. The van der Waals surface area contributed by atoms with Gasteiger partial charge in [0.05, 0.1) is 11.1 Å². The fourth-order valence-corrected chi connectivity index (χ4v) is 8.98. The molecule has 71 heavy (non-hydrogen) atoms. The van der Waals surface area contributed by atoms with Crippen LogP contribution in [-0.2, 0) is 12.4 Å². The average molecular weight is 973 g/mol. The Hall–Kier alpha value is -8.00. The normalized spacial score (nSPS) is 15.0. The van der Waals surface area contributed by atoms with Crippen LogP contribution in [0.3, 0.4) is 0 Å². The number of benzene rings is 4. The van der Waals surface area contributed by atoms with E-state index in [1.807, 2.05) is 4.90 Å². The van der Waals surface area contributed by atoms with Crippen LogP contribution in [0.15, 0.2) is 128 Å². The average Bonchev–Trinajstić information content (AvgIpc) is 3.99. The predicted octanol–water partition coefficient (Wildman–Crippen LogP) is 9.76. The maximum absolute atomic E-state index is 14.5. The highest BCUT2D eigenvalue weighted by atomic mass is 19.4. The number of carbonyl (C=O) groups is 2. The molecule has 6 heterocycles. The number of hydrogen-bond donors (Lipinski definition) is 5. The number of rotatable bonds is 12. The molecule has 4 aromatic carbocycles. The Kier molecular flexibility index (Phi) is 12.8. The zero-order chi connectivity index (χ0) is 49.3. The first-order chi connectivity index (χ1) is 34.2. The second-order valence-electron chi connectivity index (χ2n) is 17.6. The summed E-state index contributed by atoms with van der Waals surface area (Å²) in [6.07, 6.45) is -2.79. The van der Waals surface area contributed by atoms with Gasteiger partial charge in [0, 0.05) is 77.4 Å². The van der Waals surface area contributed by atoms with Gasteiger partial charge in [-0.3, -0.25) is 9.59 Å². The van der Waals surface area contributed by atoms with Gasteiger partial charge in [0.25, 0.3) is 11.8 Å². The second-order valence-corrected chi connectivity index (χ2v) is 17.6. The summed E-state index contributed by atoms with van der Waals surface area (Å²) >= 11 is 0. The molecule has 8 aromatic rings. The van der Waals surface area contributed by atoms with Crippen molar-refractivity contribution in [1.82, 2.24) is 45.1 Å². The molecule has 4 aromatic heterocycles. The van der Waals surface area contributed by atoms with E-state index in [9.17, 15) is 35.9 Å². The molecule has 0 bridgehead atoms. The molecular weight excluding hydrogens is 927 g/mol. The highest BCUT2D eigenvalue weighted by Crippen LogP contribution is 2.39. The molecule has 20 heteroatoms.